The zero-order valence-corrected chi connectivity index (χ0v) is 5.13. The molecule has 0 atom stereocenters. The smallest absolute Gasteiger partial charge is 0.208 e. The van der Waals surface area contributed by atoms with Gasteiger partial charge in [-0.1, -0.05) is 18.2 Å². The topological polar surface area (TPSA) is 9.23 Å². The Bertz CT molecular complexity index is 199. The molecule has 1 nitrogen and oxygen atoms in total. The van der Waals surface area contributed by atoms with Crippen molar-refractivity contribution in [2.24, 2.45) is 0 Å². The monoisotopic (exact) mass is 118 g/mol. The van der Waals surface area contributed by atoms with Crippen molar-refractivity contribution in [1.82, 2.24) is 0 Å². The van der Waals surface area contributed by atoms with Crippen molar-refractivity contribution in [1.29, 1.82) is 0 Å². The van der Waals surface area contributed by atoms with Crippen molar-refractivity contribution in [3.8, 4) is 5.75 Å². The van der Waals surface area contributed by atoms with Gasteiger partial charge in [-0.15, -0.1) is 0 Å². The summed E-state index contributed by atoms with van der Waals surface area (Å²) in [6.07, 6.45) is 0. The minimum atomic E-state index is 0.860. The van der Waals surface area contributed by atoms with Crippen molar-refractivity contribution in [2.45, 2.75) is 0 Å². The lowest BCUT2D eigenvalue weighted by Crippen LogP contribution is -2.08. The highest BCUT2D eigenvalue weighted by Gasteiger charge is 2.10. The molecule has 0 N–H and O–H groups in total. The van der Waals surface area contributed by atoms with Crippen molar-refractivity contribution in [3.63, 3.8) is 0 Å². The number of hydrogen-bond donors (Lipinski definition) is 0. The molecule has 1 aromatic rings. The van der Waals surface area contributed by atoms with E-state index in [0.29, 0.717) is 0 Å². The van der Waals surface area contributed by atoms with Gasteiger partial charge in [-0.3, -0.25) is 0 Å². The summed E-state index contributed by atoms with van der Waals surface area (Å²) in [5.41, 5.74) is 1.34. The number of ether oxygens (including phenoxy) is 1. The van der Waals surface area contributed by atoms with Crippen LogP contribution in [0.2, 0.25) is 0 Å². The average molecular weight is 118 g/mol. The first-order valence-electron chi connectivity index (χ1n) is 3.17. The maximum atomic E-state index is 5.30. The fourth-order valence-corrected chi connectivity index (χ4v) is 1.12. The second-order valence-electron chi connectivity index (χ2n) is 2.21. The van der Waals surface area contributed by atoms with Crippen LogP contribution in [0.5, 0.6) is 5.75 Å². The number of para-hydroxylation sites is 1. The Morgan fingerprint density at radius 1 is 1.33 bits per heavy atom. The van der Waals surface area contributed by atoms with Gasteiger partial charge in [-0.25, -0.2) is 0 Å². The molecular weight excluding hydrogens is 111 g/mol. The molecule has 2 heteroatoms. The normalized spacial score (nSPS) is 13.8. The van der Waals surface area contributed by atoms with Gasteiger partial charge in [-0.05, 0) is 11.5 Å². The third kappa shape index (κ3) is 0.708. The lowest BCUT2D eigenvalue weighted by molar-refractivity contribution is 0.399. The molecule has 1 aliphatic rings. The van der Waals surface area contributed by atoms with Crippen LogP contribution in [0.3, 0.4) is 0 Å². The SMILES string of the molecule is B1COc2ccccc21. The van der Waals surface area contributed by atoms with Gasteiger partial charge in [0, 0.05) is 0 Å². The minimum absolute atomic E-state index is 0.860. The van der Waals surface area contributed by atoms with E-state index in [0.717, 1.165) is 19.5 Å². The van der Waals surface area contributed by atoms with Crippen LogP contribution >= 0.6 is 0 Å². The minimum Gasteiger partial charge on any atom is -0.502 e. The molecule has 0 bridgehead atoms. The molecule has 0 radical (unpaired) electrons. The second kappa shape index (κ2) is 1.80. The van der Waals surface area contributed by atoms with E-state index >= 15 is 0 Å². The van der Waals surface area contributed by atoms with Gasteiger partial charge in [0.15, 0.2) is 0 Å². The zero-order valence-electron chi connectivity index (χ0n) is 5.13. The highest BCUT2D eigenvalue weighted by atomic mass is 16.5. The van der Waals surface area contributed by atoms with E-state index in [9.17, 15) is 0 Å². The standard InChI is InChI=1S/C7H7BO/c1-2-4-7-6(3-1)8-5-9-7/h1-4,8H,5H2. The third-order valence-electron chi connectivity index (χ3n) is 1.60. The van der Waals surface area contributed by atoms with E-state index in [1.165, 1.54) is 5.46 Å². The van der Waals surface area contributed by atoms with E-state index in [2.05, 4.69) is 6.07 Å². The van der Waals surface area contributed by atoms with Gasteiger partial charge in [0.2, 0.25) is 7.28 Å². The summed E-state index contributed by atoms with van der Waals surface area (Å²) in [5, 5.41) is 0. The predicted octanol–water partition coefficient (Wildman–Crippen LogP) is 0.0983. The first-order chi connectivity index (χ1) is 4.47. The summed E-state index contributed by atoms with van der Waals surface area (Å²) in [6.45, 7) is 0.860. The summed E-state index contributed by atoms with van der Waals surface area (Å²) in [6, 6.07) is 8.18. The lowest BCUT2D eigenvalue weighted by Gasteiger charge is -1.94. The molecular formula is C7H7BO. The number of hydrogen-bond acceptors (Lipinski definition) is 1. The third-order valence-corrected chi connectivity index (χ3v) is 1.60. The van der Waals surface area contributed by atoms with Gasteiger partial charge >= 0.3 is 0 Å². The first kappa shape index (κ1) is 4.92. The molecule has 9 heavy (non-hydrogen) atoms. The second-order valence-corrected chi connectivity index (χ2v) is 2.21. The van der Waals surface area contributed by atoms with Gasteiger partial charge in [0.1, 0.15) is 5.75 Å². The molecule has 0 unspecified atom stereocenters. The molecule has 0 saturated heterocycles. The summed E-state index contributed by atoms with van der Waals surface area (Å²) in [7, 11) is 1.08. The first-order valence-corrected chi connectivity index (χ1v) is 3.17. The summed E-state index contributed by atoms with van der Waals surface area (Å²) >= 11 is 0. The van der Waals surface area contributed by atoms with E-state index < -0.39 is 0 Å². The van der Waals surface area contributed by atoms with E-state index in [1.54, 1.807) is 0 Å². The van der Waals surface area contributed by atoms with E-state index in [-0.39, 0.29) is 0 Å². The van der Waals surface area contributed by atoms with E-state index in [4.69, 9.17) is 4.74 Å². The Hall–Kier alpha value is -0.915. The quantitative estimate of drug-likeness (QED) is 0.439. The Labute approximate surface area is 54.9 Å². The Kier molecular flexibility index (Phi) is 0.981. The number of fused-ring (bicyclic) bond motifs is 1. The molecule has 44 valence electrons. The Balaban J connectivity index is 2.54. The Morgan fingerprint density at radius 3 is 3.11 bits per heavy atom. The van der Waals surface area contributed by atoms with Gasteiger partial charge in [0.05, 0.1) is 6.51 Å². The lowest BCUT2D eigenvalue weighted by atomic mass is 9.73. The maximum Gasteiger partial charge on any atom is 0.208 e. The summed E-state index contributed by atoms with van der Waals surface area (Å²) in [5.74, 6) is 1.07. The molecule has 0 aliphatic carbocycles. The summed E-state index contributed by atoms with van der Waals surface area (Å²) < 4.78 is 5.30. The molecule has 1 heterocycles. The van der Waals surface area contributed by atoms with Gasteiger partial charge < -0.3 is 4.74 Å². The van der Waals surface area contributed by atoms with E-state index in [1.807, 2.05) is 18.2 Å². The zero-order chi connectivity index (χ0) is 6.10. The van der Waals surface area contributed by atoms with Crippen LogP contribution in [0, 0.1) is 0 Å². The highest BCUT2D eigenvalue weighted by molar-refractivity contribution is 6.55. The molecule has 0 aromatic heterocycles. The van der Waals surface area contributed by atoms with Crippen LogP contribution in [0.1, 0.15) is 0 Å². The number of rotatable bonds is 0. The predicted molar refractivity (Wildman–Crippen MR) is 38.7 cm³/mol. The largest absolute Gasteiger partial charge is 0.502 e. The molecule has 1 aliphatic heterocycles. The summed E-state index contributed by atoms with van der Waals surface area (Å²) in [4.78, 5) is 0. The van der Waals surface area contributed by atoms with Crippen LogP contribution in [-0.2, 0) is 0 Å². The van der Waals surface area contributed by atoms with Crippen molar-refractivity contribution in [3.05, 3.63) is 24.3 Å². The van der Waals surface area contributed by atoms with Crippen LogP contribution < -0.4 is 10.2 Å². The van der Waals surface area contributed by atoms with Crippen molar-refractivity contribution in [2.75, 3.05) is 6.51 Å². The molecule has 0 fully saturated rings. The van der Waals surface area contributed by atoms with Crippen molar-refractivity contribution < 1.29 is 4.74 Å². The van der Waals surface area contributed by atoms with Gasteiger partial charge in [0.25, 0.3) is 0 Å². The molecule has 0 saturated carbocycles. The molecule has 1 aromatic carbocycles. The number of benzene rings is 1. The molecule has 0 amide bonds. The van der Waals surface area contributed by atoms with Crippen LogP contribution in [-0.4, -0.2) is 13.8 Å². The van der Waals surface area contributed by atoms with Crippen LogP contribution in [0.25, 0.3) is 0 Å². The van der Waals surface area contributed by atoms with Crippen LogP contribution in [0.4, 0.5) is 0 Å². The van der Waals surface area contributed by atoms with Crippen molar-refractivity contribution >= 4 is 12.7 Å². The average Bonchev–Trinajstić information content (AvgIpc) is 2.33. The van der Waals surface area contributed by atoms with Gasteiger partial charge in [-0.2, -0.15) is 0 Å². The maximum absolute atomic E-state index is 5.30. The Morgan fingerprint density at radius 2 is 2.22 bits per heavy atom. The van der Waals surface area contributed by atoms with Crippen LogP contribution in [0.15, 0.2) is 24.3 Å². The molecule has 2 rings (SSSR count). The fraction of sp³-hybridized carbons (Fsp3) is 0.143. The molecule has 0 spiro atoms. The fourth-order valence-electron chi connectivity index (χ4n) is 1.12. The highest BCUT2D eigenvalue weighted by Crippen LogP contribution is 2.09.